The molecule has 32 heavy (non-hydrogen) atoms. The number of unbranched alkanes of at least 4 members (excludes halogenated alkanes) is 10. The summed E-state index contributed by atoms with van der Waals surface area (Å²) in [6, 6.07) is 0. The monoisotopic (exact) mass is 484 g/mol. The summed E-state index contributed by atoms with van der Waals surface area (Å²) in [4.78, 5) is 10.5. The van der Waals surface area contributed by atoms with Gasteiger partial charge < -0.3 is 9.84 Å². The number of hydrogen-bond donors (Lipinski definition) is 1. The molecule has 0 aromatic heterocycles. The van der Waals surface area contributed by atoms with E-state index < -0.39 is 5.97 Å². The highest BCUT2D eigenvalue weighted by molar-refractivity contribution is 8.19. The Bertz CT molecular complexity index is 539. The fraction of sp³-hybridized carbons (Fsp3) is 0.889. The first-order valence-electron chi connectivity index (χ1n) is 13.3. The molecule has 0 aromatic carbocycles. The molecule has 2 heterocycles. The van der Waals surface area contributed by atoms with Gasteiger partial charge in [-0.15, -0.1) is 23.5 Å². The maximum atomic E-state index is 10.5. The van der Waals surface area contributed by atoms with Crippen molar-refractivity contribution in [3.8, 4) is 0 Å². The lowest BCUT2D eigenvalue weighted by Gasteiger charge is -2.23. The van der Waals surface area contributed by atoms with Gasteiger partial charge in [0.05, 0.1) is 16.9 Å². The van der Waals surface area contributed by atoms with Gasteiger partial charge in [-0.05, 0) is 51.4 Å². The third-order valence-electron chi connectivity index (χ3n) is 7.14. The first kappa shape index (κ1) is 28.0. The zero-order chi connectivity index (χ0) is 23.1. The first-order chi connectivity index (χ1) is 15.5. The van der Waals surface area contributed by atoms with E-state index in [2.05, 4.69) is 30.1 Å². The van der Waals surface area contributed by atoms with Gasteiger partial charge in [-0.1, -0.05) is 70.8 Å². The molecule has 186 valence electrons. The molecule has 2 fully saturated rings. The molecule has 3 nitrogen and oxygen atoms in total. The van der Waals surface area contributed by atoms with E-state index in [1.54, 1.807) is 7.11 Å². The molecule has 0 aromatic rings. The second kappa shape index (κ2) is 16.4. The lowest BCUT2D eigenvalue weighted by molar-refractivity contribution is -0.137. The van der Waals surface area contributed by atoms with Crippen LogP contribution in [0.2, 0.25) is 0 Å². The molecule has 2 rings (SSSR count). The Morgan fingerprint density at radius 3 is 1.72 bits per heavy atom. The number of ether oxygens (including phenoxy) is 1. The second-order valence-electron chi connectivity index (χ2n) is 9.92. The molecule has 3 atom stereocenters. The van der Waals surface area contributed by atoms with Gasteiger partial charge in [0.15, 0.2) is 0 Å². The Kier molecular flexibility index (Phi) is 14.3. The topological polar surface area (TPSA) is 46.5 Å². The average molecular weight is 485 g/mol. The lowest BCUT2D eigenvalue weighted by Crippen LogP contribution is -2.11. The lowest BCUT2D eigenvalue weighted by atomic mass is 10.0. The molecule has 0 saturated carbocycles. The summed E-state index contributed by atoms with van der Waals surface area (Å²) in [5.41, 5.74) is 0. The van der Waals surface area contributed by atoms with Crippen molar-refractivity contribution in [2.24, 2.45) is 0 Å². The Morgan fingerprint density at radius 1 is 0.812 bits per heavy atom. The minimum Gasteiger partial charge on any atom is -0.502 e. The molecule has 1 spiro atoms. The number of thioether (sulfide) groups is 2. The third-order valence-corrected chi connectivity index (χ3v) is 11.0. The molecule has 3 unspecified atom stereocenters. The summed E-state index contributed by atoms with van der Waals surface area (Å²) in [5, 5.41) is 10.5. The van der Waals surface area contributed by atoms with Gasteiger partial charge >= 0.3 is 5.97 Å². The number of rotatable bonds is 19. The standard InChI is InChI=1S/C27H48O3S2/c1-23(30-2)15-11-7-3-4-8-12-16-24-19-21-27(31-24)22-20-25(32-27)17-13-9-5-6-10-14-18-26(28)29/h24-25H,1,3-22H2,2H3,(H,28,29). The van der Waals surface area contributed by atoms with Crippen LogP contribution in [0.25, 0.3) is 0 Å². The van der Waals surface area contributed by atoms with Crippen LogP contribution in [0.3, 0.4) is 0 Å². The van der Waals surface area contributed by atoms with E-state index in [0.717, 1.165) is 35.5 Å². The average Bonchev–Trinajstić information content (AvgIpc) is 3.37. The molecule has 2 saturated heterocycles. The van der Waals surface area contributed by atoms with Crippen LogP contribution < -0.4 is 0 Å². The molecule has 2 aliphatic rings. The zero-order valence-corrected chi connectivity index (χ0v) is 22.2. The molecule has 0 bridgehead atoms. The van der Waals surface area contributed by atoms with E-state index >= 15 is 0 Å². The van der Waals surface area contributed by atoms with Crippen molar-refractivity contribution in [1.29, 1.82) is 0 Å². The van der Waals surface area contributed by atoms with Crippen LogP contribution in [-0.2, 0) is 9.53 Å². The van der Waals surface area contributed by atoms with Crippen LogP contribution >= 0.6 is 23.5 Å². The second-order valence-corrected chi connectivity index (χ2v) is 13.6. The molecule has 2 aliphatic heterocycles. The largest absolute Gasteiger partial charge is 0.502 e. The van der Waals surface area contributed by atoms with Gasteiger partial charge in [-0.25, -0.2) is 0 Å². The van der Waals surface area contributed by atoms with Crippen molar-refractivity contribution in [2.75, 3.05) is 7.11 Å². The molecular weight excluding hydrogens is 436 g/mol. The number of carboxylic acid groups (broad SMARTS) is 1. The fourth-order valence-electron chi connectivity index (χ4n) is 5.14. The van der Waals surface area contributed by atoms with Crippen LogP contribution in [0, 0.1) is 0 Å². The van der Waals surface area contributed by atoms with E-state index in [1.807, 2.05) is 0 Å². The van der Waals surface area contributed by atoms with Gasteiger partial charge in [0, 0.05) is 23.3 Å². The maximum Gasteiger partial charge on any atom is 0.303 e. The summed E-state index contributed by atoms with van der Waals surface area (Å²) in [6.45, 7) is 3.89. The highest BCUT2D eigenvalue weighted by atomic mass is 32.2. The summed E-state index contributed by atoms with van der Waals surface area (Å²) in [7, 11) is 1.72. The van der Waals surface area contributed by atoms with Crippen molar-refractivity contribution in [3.63, 3.8) is 0 Å². The van der Waals surface area contributed by atoms with E-state index in [1.165, 1.54) is 103 Å². The van der Waals surface area contributed by atoms with Crippen molar-refractivity contribution in [1.82, 2.24) is 0 Å². The summed E-state index contributed by atoms with van der Waals surface area (Å²) < 4.78 is 5.70. The summed E-state index contributed by atoms with van der Waals surface area (Å²) in [5.74, 6) is 0.273. The fourth-order valence-corrected chi connectivity index (χ4v) is 9.38. The van der Waals surface area contributed by atoms with Gasteiger partial charge in [-0.3, -0.25) is 4.79 Å². The minimum absolute atomic E-state index is 0.339. The number of carbonyl (C=O) groups is 1. The van der Waals surface area contributed by atoms with Gasteiger partial charge in [-0.2, -0.15) is 0 Å². The Balaban J connectivity index is 1.43. The molecule has 1 N–H and O–H groups in total. The van der Waals surface area contributed by atoms with Crippen molar-refractivity contribution in [3.05, 3.63) is 12.3 Å². The number of hydrogen-bond acceptors (Lipinski definition) is 4. The maximum absolute atomic E-state index is 10.5. The Morgan fingerprint density at radius 2 is 1.25 bits per heavy atom. The third kappa shape index (κ3) is 11.7. The molecular formula is C27H48O3S2. The van der Waals surface area contributed by atoms with Crippen LogP contribution in [-0.4, -0.2) is 32.8 Å². The molecule has 5 heteroatoms. The predicted octanol–water partition coefficient (Wildman–Crippen LogP) is 8.96. The van der Waals surface area contributed by atoms with Gasteiger partial charge in [0.1, 0.15) is 0 Å². The number of carboxylic acids is 1. The molecule has 0 amide bonds. The van der Waals surface area contributed by atoms with E-state index in [9.17, 15) is 4.79 Å². The van der Waals surface area contributed by atoms with E-state index in [0.29, 0.717) is 10.5 Å². The normalized spacial score (nSPS) is 24.9. The minimum atomic E-state index is -0.652. The summed E-state index contributed by atoms with van der Waals surface area (Å²) >= 11 is 4.69. The number of allylic oxidation sites excluding steroid dienone is 1. The van der Waals surface area contributed by atoms with E-state index in [-0.39, 0.29) is 0 Å². The van der Waals surface area contributed by atoms with Crippen LogP contribution in [0.1, 0.15) is 128 Å². The number of methoxy groups -OCH3 is 1. The summed E-state index contributed by atoms with van der Waals surface area (Å²) in [6.07, 6.45) is 25.1. The predicted molar refractivity (Wildman–Crippen MR) is 142 cm³/mol. The van der Waals surface area contributed by atoms with Crippen molar-refractivity contribution in [2.45, 2.75) is 143 Å². The van der Waals surface area contributed by atoms with Crippen LogP contribution in [0.4, 0.5) is 0 Å². The van der Waals surface area contributed by atoms with Crippen molar-refractivity contribution < 1.29 is 14.6 Å². The first-order valence-corrected chi connectivity index (χ1v) is 15.1. The zero-order valence-electron chi connectivity index (χ0n) is 20.6. The van der Waals surface area contributed by atoms with E-state index in [4.69, 9.17) is 9.84 Å². The molecule has 0 aliphatic carbocycles. The van der Waals surface area contributed by atoms with Crippen LogP contribution in [0.15, 0.2) is 12.3 Å². The Labute approximate surface area is 206 Å². The number of aliphatic carboxylic acids is 1. The van der Waals surface area contributed by atoms with Gasteiger partial charge in [0.25, 0.3) is 0 Å². The Hall–Kier alpha value is -0.290. The van der Waals surface area contributed by atoms with Crippen LogP contribution in [0.5, 0.6) is 0 Å². The smallest absolute Gasteiger partial charge is 0.303 e. The van der Waals surface area contributed by atoms with Gasteiger partial charge in [0.2, 0.25) is 0 Å². The highest BCUT2D eigenvalue weighted by Crippen LogP contribution is 2.60. The highest BCUT2D eigenvalue weighted by Gasteiger charge is 2.45. The molecule has 0 radical (unpaired) electrons. The quantitative estimate of drug-likeness (QED) is 0.146. The SMILES string of the molecule is C=C(CCCCCCCCC1CCC2(CCC(CCCCCCCCC(=O)O)S2)S1)OC. The van der Waals surface area contributed by atoms with Crippen molar-refractivity contribution >= 4 is 29.5 Å².